The Bertz CT molecular complexity index is 110. The highest BCUT2D eigenvalue weighted by atomic mass is 35.5. The molecule has 0 aromatic heterocycles. The maximum Gasteiger partial charge on any atom is 0.160 e. The Morgan fingerprint density at radius 1 is 1.78 bits per heavy atom. The van der Waals surface area contributed by atoms with Crippen molar-refractivity contribution in [2.45, 2.75) is 18.1 Å². The van der Waals surface area contributed by atoms with Crippen molar-refractivity contribution in [2.24, 2.45) is 0 Å². The normalized spacial score (nSPS) is 26.6. The molecule has 0 radical (unpaired) electrons. The molecule has 0 aromatic rings. The van der Waals surface area contributed by atoms with Crippen LogP contribution >= 0.6 is 23.4 Å². The lowest BCUT2D eigenvalue weighted by Crippen LogP contribution is -2.14. The zero-order valence-corrected chi connectivity index (χ0v) is 6.67. The first-order chi connectivity index (χ1) is 4.34. The summed E-state index contributed by atoms with van der Waals surface area (Å²) in [5, 5.41) is 0.225. The van der Waals surface area contributed by atoms with Crippen molar-refractivity contribution in [1.29, 1.82) is 0 Å². The van der Waals surface area contributed by atoms with Gasteiger partial charge in [0.05, 0.1) is 11.1 Å². The van der Waals surface area contributed by atoms with Crippen LogP contribution in [0.2, 0.25) is 0 Å². The van der Waals surface area contributed by atoms with Gasteiger partial charge in [0.2, 0.25) is 0 Å². The van der Waals surface area contributed by atoms with Crippen LogP contribution in [0.15, 0.2) is 0 Å². The number of hydrogen-bond acceptors (Lipinski definition) is 2. The summed E-state index contributed by atoms with van der Waals surface area (Å²) < 4.78 is 0. The standard InChI is InChI=1S/C6H9ClOS/c7-4-5(8)6-2-1-3-9-6/h6H,1-4H2. The summed E-state index contributed by atoms with van der Waals surface area (Å²) in [6, 6.07) is 0. The van der Waals surface area contributed by atoms with E-state index in [9.17, 15) is 4.79 Å². The van der Waals surface area contributed by atoms with Crippen LogP contribution < -0.4 is 0 Å². The van der Waals surface area contributed by atoms with Gasteiger partial charge in [0.1, 0.15) is 0 Å². The molecule has 9 heavy (non-hydrogen) atoms. The molecule has 0 aromatic carbocycles. The summed E-state index contributed by atoms with van der Waals surface area (Å²) in [5.74, 6) is 1.53. The van der Waals surface area contributed by atoms with Crippen molar-refractivity contribution < 1.29 is 4.79 Å². The molecule has 1 aliphatic heterocycles. The van der Waals surface area contributed by atoms with Gasteiger partial charge in [-0.25, -0.2) is 0 Å². The minimum Gasteiger partial charge on any atom is -0.297 e. The largest absolute Gasteiger partial charge is 0.297 e. The van der Waals surface area contributed by atoms with E-state index in [1.165, 1.54) is 6.42 Å². The lowest BCUT2D eigenvalue weighted by molar-refractivity contribution is -0.116. The molecule has 1 atom stereocenters. The van der Waals surface area contributed by atoms with E-state index < -0.39 is 0 Å². The number of hydrogen-bond donors (Lipinski definition) is 0. The van der Waals surface area contributed by atoms with Crippen molar-refractivity contribution >= 4 is 29.1 Å². The predicted octanol–water partition coefficient (Wildman–Crippen LogP) is 1.69. The second kappa shape index (κ2) is 3.47. The molecule has 1 heterocycles. The Morgan fingerprint density at radius 2 is 2.56 bits per heavy atom. The third-order valence-electron chi connectivity index (χ3n) is 1.42. The molecule has 1 aliphatic rings. The number of Topliss-reactive ketones (excluding diaryl/α,β-unsaturated/α-hetero) is 1. The quantitative estimate of drug-likeness (QED) is 0.578. The number of thioether (sulfide) groups is 1. The van der Waals surface area contributed by atoms with Gasteiger partial charge in [-0.05, 0) is 18.6 Å². The molecule has 0 saturated carbocycles. The summed E-state index contributed by atoms with van der Waals surface area (Å²) in [4.78, 5) is 10.9. The van der Waals surface area contributed by atoms with Crippen molar-refractivity contribution in [3.63, 3.8) is 0 Å². The van der Waals surface area contributed by atoms with E-state index in [0.717, 1.165) is 12.2 Å². The number of ketones is 1. The number of carbonyl (C=O) groups excluding carboxylic acids is 1. The van der Waals surface area contributed by atoms with Crippen molar-refractivity contribution in [2.75, 3.05) is 11.6 Å². The third kappa shape index (κ3) is 1.87. The molecular formula is C6H9ClOS. The minimum atomic E-state index is 0.192. The monoisotopic (exact) mass is 164 g/mol. The maximum atomic E-state index is 10.9. The summed E-state index contributed by atoms with van der Waals surface area (Å²) in [7, 11) is 0. The van der Waals surface area contributed by atoms with E-state index >= 15 is 0 Å². The summed E-state index contributed by atoms with van der Waals surface area (Å²) in [6.07, 6.45) is 2.22. The molecule has 1 nitrogen and oxygen atoms in total. The van der Waals surface area contributed by atoms with Crippen LogP contribution in [0.5, 0.6) is 0 Å². The van der Waals surface area contributed by atoms with Gasteiger partial charge in [-0.3, -0.25) is 4.79 Å². The van der Waals surface area contributed by atoms with E-state index in [2.05, 4.69) is 0 Å². The first-order valence-electron chi connectivity index (χ1n) is 3.05. The van der Waals surface area contributed by atoms with E-state index in [0.29, 0.717) is 0 Å². The SMILES string of the molecule is O=C(CCl)C1CCCS1. The van der Waals surface area contributed by atoms with E-state index in [1.54, 1.807) is 11.8 Å². The Balaban J connectivity index is 2.32. The summed E-state index contributed by atoms with van der Waals surface area (Å²) >= 11 is 7.11. The smallest absolute Gasteiger partial charge is 0.160 e. The van der Waals surface area contributed by atoms with E-state index in [1.807, 2.05) is 0 Å². The maximum absolute atomic E-state index is 10.9. The second-order valence-corrected chi connectivity index (χ2v) is 3.68. The van der Waals surface area contributed by atoms with Crippen molar-refractivity contribution in [1.82, 2.24) is 0 Å². The third-order valence-corrected chi connectivity index (χ3v) is 3.11. The molecule has 1 saturated heterocycles. The van der Waals surface area contributed by atoms with Crippen LogP contribution in [0.4, 0.5) is 0 Å². The molecule has 1 rings (SSSR count). The van der Waals surface area contributed by atoms with Crippen molar-refractivity contribution in [3.05, 3.63) is 0 Å². The van der Waals surface area contributed by atoms with Gasteiger partial charge in [-0.1, -0.05) is 0 Å². The minimum absolute atomic E-state index is 0.192. The first kappa shape index (κ1) is 7.42. The molecule has 0 amide bonds. The van der Waals surface area contributed by atoms with Gasteiger partial charge >= 0.3 is 0 Å². The molecule has 0 aliphatic carbocycles. The molecule has 0 N–H and O–H groups in total. The van der Waals surface area contributed by atoms with Gasteiger partial charge in [0.25, 0.3) is 0 Å². The van der Waals surface area contributed by atoms with Crippen LogP contribution in [0, 0.1) is 0 Å². The Hall–Kier alpha value is 0.310. The Morgan fingerprint density at radius 3 is 3.00 bits per heavy atom. The molecule has 0 spiro atoms. The lowest BCUT2D eigenvalue weighted by Gasteiger charge is -2.01. The first-order valence-corrected chi connectivity index (χ1v) is 4.63. The second-order valence-electron chi connectivity index (χ2n) is 2.10. The summed E-state index contributed by atoms with van der Waals surface area (Å²) in [6.45, 7) is 0. The topological polar surface area (TPSA) is 17.1 Å². The van der Waals surface area contributed by atoms with Gasteiger partial charge in [0, 0.05) is 0 Å². The zero-order valence-electron chi connectivity index (χ0n) is 5.10. The highest BCUT2D eigenvalue weighted by molar-refractivity contribution is 8.00. The average Bonchev–Trinajstić information content (AvgIpc) is 2.37. The highest BCUT2D eigenvalue weighted by Gasteiger charge is 2.21. The summed E-state index contributed by atoms with van der Waals surface area (Å²) in [5.41, 5.74) is 0. The number of carbonyl (C=O) groups is 1. The van der Waals surface area contributed by atoms with E-state index in [4.69, 9.17) is 11.6 Å². The van der Waals surface area contributed by atoms with E-state index in [-0.39, 0.29) is 16.9 Å². The van der Waals surface area contributed by atoms with Crippen molar-refractivity contribution in [3.8, 4) is 0 Å². The molecular weight excluding hydrogens is 156 g/mol. The molecule has 1 unspecified atom stereocenters. The number of alkyl halides is 1. The van der Waals surface area contributed by atoms with Crippen LogP contribution in [-0.4, -0.2) is 22.7 Å². The molecule has 52 valence electrons. The van der Waals surface area contributed by atoms with Crippen LogP contribution in [-0.2, 0) is 4.79 Å². The predicted molar refractivity (Wildman–Crippen MR) is 41.2 cm³/mol. The molecule has 0 bridgehead atoms. The van der Waals surface area contributed by atoms with Crippen LogP contribution in [0.3, 0.4) is 0 Å². The Kier molecular flexibility index (Phi) is 2.86. The van der Waals surface area contributed by atoms with Gasteiger partial charge in [-0.15, -0.1) is 11.6 Å². The lowest BCUT2D eigenvalue weighted by atomic mass is 10.2. The number of rotatable bonds is 2. The molecule has 3 heteroatoms. The fourth-order valence-corrected chi connectivity index (χ4v) is 2.42. The van der Waals surface area contributed by atoms with Gasteiger partial charge in [0.15, 0.2) is 5.78 Å². The fraction of sp³-hybridized carbons (Fsp3) is 0.833. The molecule has 1 fully saturated rings. The van der Waals surface area contributed by atoms with Gasteiger partial charge < -0.3 is 0 Å². The fourth-order valence-electron chi connectivity index (χ4n) is 0.918. The Labute approximate surface area is 64.1 Å². The van der Waals surface area contributed by atoms with Crippen LogP contribution in [0.25, 0.3) is 0 Å². The number of halogens is 1. The average molecular weight is 165 g/mol. The zero-order chi connectivity index (χ0) is 6.69. The highest BCUT2D eigenvalue weighted by Crippen LogP contribution is 2.26. The van der Waals surface area contributed by atoms with Crippen LogP contribution in [0.1, 0.15) is 12.8 Å². The van der Waals surface area contributed by atoms with Gasteiger partial charge in [-0.2, -0.15) is 11.8 Å².